The van der Waals surface area contributed by atoms with Crippen LogP contribution in [0.25, 0.3) is 0 Å². The van der Waals surface area contributed by atoms with Crippen molar-refractivity contribution in [3.05, 3.63) is 0 Å². The standard InChI is InChI=1S/C23H41NO15/c1-7-13(28)12(24-10(4)27)16(31)21(34-7)38-19-15(30)9(3)36-23(37-11(5-25)6-26)20(19)39-22-18(33)17(32)14(29)8(2)35-22/h7-9,11-23,25-26,28-33H,5-6H2,1-4H3,(H,24,27)/t7-,8+,9+,12+,13+,14+,15+,16-,17-,18-,19-,20-,21-,22+,23+/m1/s1. The van der Waals surface area contributed by atoms with Gasteiger partial charge in [0.2, 0.25) is 5.91 Å². The molecule has 16 heteroatoms. The summed E-state index contributed by atoms with van der Waals surface area (Å²) in [4.78, 5) is 11.7. The average molecular weight is 572 g/mol. The maximum atomic E-state index is 11.7. The summed E-state index contributed by atoms with van der Waals surface area (Å²) in [6.45, 7) is 4.35. The van der Waals surface area contributed by atoms with Gasteiger partial charge in [-0.2, -0.15) is 0 Å². The molecule has 3 rings (SSSR count). The Morgan fingerprint density at radius 3 is 1.74 bits per heavy atom. The smallest absolute Gasteiger partial charge is 0.217 e. The SMILES string of the molecule is CC(=O)N[C@H]1[C@@H](O)[C@@H](C)O[C@H](O[C@@H]2[C@@H](O)[C@H](C)O[C@@H](OC(CO)CO)[C@@H]2O[C@@H]2O[C@@H](C)[C@H](O)[C@@H](O)[C@H]2O)[C@@H]1O. The van der Waals surface area contributed by atoms with Crippen molar-refractivity contribution in [1.82, 2.24) is 5.32 Å². The molecule has 0 aromatic carbocycles. The lowest BCUT2D eigenvalue weighted by atomic mass is 9.95. The van der Waals surface area contributed by atoms with Crippen LogP contribution in [-0.4, -0.2) is 158 Å². The molecule has 0 bridgehead atoms. The highest BCUT2D eigenvalue weighted by Crippen LogP contribution is 2.34. The van der Waals surface area contributed by atoms with Gasteiger partial charge in [-0.25, -0.2) is 0 Å². The normalized spacial score (nSPS) is 47.3. The molecule has 3 fully saturated rings. The van der Waals surface area contributed by atoms with E-state index in [-0.39, 0.29) is 0 Å². The fraction of sp³-hybridized carbons (Fsp3) is 0.957. The molecule has 0 aromatic heterocycles. The lowest BCUT2D eigenvalue weighted by Gasteiger charge is -2.49. The molecule has 228 valence electrons. The number of hydrogen-bond acceptors (Lipinski definition) is 15. The van der Waals surface area contributed by atoms with Crippen molar-refractivity contribution < 1.29 is 74.1 Å². The number of amides is 1. The Balaban J connectivity index is 1.92. The number of ether oxygens (including phenoxy) is 6. The minimum absolute atomic E-state index is 0.530. The minimum Gasteiger partial charge on any atom is -0.394 e. The van der Waals surface area contributed by atoms with Crippen molar-refractivity contribution in [3.8, 4) is 0 Å². The summed E-state index contributed by atoms with van der Waals surface area (Å²) in [5, 5.41) is 84.6. The van der Waals surface area contributed by atoms with Gasteiger partial charge < -0.3 is 74.6 Å². The zero-order valence-corrected chi connectivity index (χ0v) is 22.1. The second-order valence-electron chi connectivity index (χ2n) is 10.1. The van der Waals surface area contributed by atoms with E-state index in [0.29, 0.717) is 0 Å². The Bertz CT molecular complexity index is 789. The van der Waals surface area contributed by atoms with Crippen molar-refractivity contribution in [2.75, 3.05) is 13.2 Å². The lowest BCUT2D eigenvalue weighted by Crippen LogP contribution is -2.67. The van der Waals surface area contributed by atoms with Crippen LogP contribution in [0.2, 0.25) is 0 Å². The second kappa shape index (κ2) is 13.7. The van der Waals surface area contributed by atoms with Gasteiger partial charge in [0, 0.05) is 6.92 Å². The van der Waals surface area contributed by atoms with E-state index in [1.807, 2.05) is 0 Å². The van der Waals surface area contributed by atoms with Crippen molar-refractivity contribution in [1.29, 1.82) is 0 Å². The van der Waals surface area contributed by atoms with Crippen molar-refractivity contribution >= 4 is 5.91 Å². The summed E-state index contributed by atoms with van der Waals surface area (Å²) in [5.74, 6) is -0.530. The molecule has 9 N–H and O–H groups in total. The highest BCUT2D eigenvalue weighted by molar-refractivity contribution is 5.73. The Labute approximate surface area is 224 Å². The number of nitrogens with one attached hydrogen (secondary N) is 1. The highest BCUT2D eigenvalue weighted by Gasteiger charge is 2.53. The van der Waals surface area contributed by atoms with Crippen LogP contribution >= 0.6 is 0 Å². The van der Waals surface area contributed by atoms with Crippen molar-refractivity contribution in [3.63, 3.8) is 0 Å². The van der Waals surface area contributed by atoms with E-state index in [9.17, 15) is 45.6 Å². The number of hydrogen-bond donors (Lipinski definition) is 9. The molecule has 3 aliphatic rings. The van der Waals surface area contributed by atoms with Crippen molar-refractivity contribution in [2.24, 2.45) is 0 Å². The molecular weight excluding hydrogens is 530 g/mol. The summed E-state index contributed by atoms with van der Waals surface area (Å²) in [6.07, 6.45) is -20.8. The summed E-state index contributed by atoms with van der Waals surface area (Å²) < 4.78 is 34.3. The molecule has 0 aromatic rings. The number of carbonyl (C=O) groups is 1. The zero-order valence-electron chi connectivity index (χ0n) is 22.1. The molecule has 16 nitrogen and oxygen atoms in total. The maximum absolute atomic E-state index is 11.7. The third-order valence-electron chi connectivity index (χ3n) is 7.10. The fourth-order valence-corrected chi connectivity index (χ4v) is 4.72. The van der Waals surface area contributed by atoms with Crippen LogP contribution in [0.4, 0.5) is 0 Å². The minimum atomic E-state index is -1.75. The molecule has 15 atom stereocenters. The molecule has 39 heavy (non-hydrogen) atoms. The molecule has 0 saturated carbocycles. The molecule has 0 unspecified atom stereocenters. The van der Waals surface area contributed by atoms with Gasteiger partial charge in [0.25, 0.3) is 0 Å². The molecular formula is C23H41NO15. The van der Waals surface area contributed by atoms with Crippen LogP contribution in [-0.2, 0) is 33.2 Å². The van der Waals surface area contributed by atoms with E-state index in [4.69, 9.17) is 28.4 Å². The first kappa shape index (κ1) is 32.4. The number of carbonyl (C=O) groups excluding carboxylic acids is 1. The molecule has 0 radical (unpaired) electrons. The zero-order chi connectivity index (χ0) is 29.2. The van der Waals surface area contributed by atoms with E-state index in [2.05, 4.69) is 5.32 Å². The van der Waals surface area contributed by atoms with E-state index >= 15 is 0 Å². The van der Waals surface area contributed by atoms with E-state index < -0.39 is 117 Å². The number of rotatable bonds is 9. The molecule has 3 heterocycles. The first-order valence-corrected chi connectivity index (χ1v) is 12.8. The first-order valence-electron chi connectivity index (χ1n) is 12.8. The molecule has 1 amide bonds. The summed E-state index contributed by atoms with van der Waals surface area (Å²) in [7, 11) is 0. The van der Waals surface area contributed by atoms with Gasteiger partial charge in [-0.15, -0.1) is 0 Å². The van der Waals surface area contributed by atoms with Crippen LogP contribution in [0, 0.1) is 0 Å². The summed E-state index contributed by atoms with van der Waals surface area (Å²) in [5.41, 5.74) is 0. The van der Waals surface area contributed by atoms with Gasteiger partial charge in [0.15, 0.2) is 18.9 Å². The molecule has 0 spiro atoms. The van der Waals surface area contributed by atoms with Crippen LogP contribution in [0.15, 0.2) is 0 Å². The largest absolute Gasteiger partial charge is 0.394 e. The van der Waals surface area contributed by atoms with Gasteiger partial charge in [0.1, 0.15) is 54.9 Å². The van der Waals surface area contributed by atoms with Crippen LogP contribution in [0.1, 0.15) is 27.7 Å². The second-order valence-corrected chi connectivity index (χ2v) is 10.1. The quantitative estimate of drug-likeness (QED) is 0.126. The number of aliphatic hydroxyl groups excluding tert-OH is 8. The monoisotopic (exact) mass is 571 g/mol. The summed E-state index contributed by atoms with van der Waals surface area (Å²) >= 11 is 0. The summed E-state index contributed by atoms with van der Waals surface area (Å²) in [6, 6.07) is -1.19. The topological polar surface area (TPSA) is 246 Å². The van der Waals surface area contributed by atoms with Gasteiger partial charge >= 0.3 is 0 Å². The first-order chi connectivity index (χ1) is 18.3. The van der Waals surface area contributed by atoms with E-state index in [1.165, 1.54) is 27.7 Å². The fourth-order valence-electron chi connectivity index (χ4n) is 4.72. The maximum Gasteiger partial charge on any atom is 0.217 e. The molecule has 3 aliphatic heterocycles. The highest BCUT2D eigenvalue weighted by atomic mass is 16.8. The van der Waals surface area contributed by atoms with Gasteiger partial charge in [0.05, 0.1) is 37.6 Å². The average Bonchev–Trinajstić information content (AvgIpc) is 2.89. The van der Waals surface area contributed by atoms with Gasteiger partial charge in [-0.1, -0.05) is 0 Å². The van der Waals surface area contributed by atoms with Crippen LogP contribution in [0.5, 0.6) is 0 Å². The Hall–Kier alpha value is -1.09. The van der Waals surface area contributed by atoms with Gasteiger partial charge in [-0.05, 0) is 20.8 Å². The van der Waals surface area contributed by atoms with E-state index in [1.54, 1.807) is 0 Å². The van der Waals surface area contributed by atoms with Gasteiger partial charge in [-0.3, -0.25) is 4.79 Å². The number of aliphatic hydroxyl groups is 8. The predicted octanol–water partition coefficient (Wildman–Crippen LogP) is -4.97. The molecule has 0 aliphatic carbocycles. The Morgan fingerprint density at radius 2 is 1.18 bits per heavy atom. The molecule has 3 saturated heterocycles. The van der Waals surface area contributed by atoms with Crippen LogP contribution in [0.3, 0.4) is 0 Å². The Kier molecular flexibility index (Phi) is 11.4. The van der Waals surface area contributed by atoms with Crippen LogP contribution < -0.4 is 5.32 Å². The third kappa shape index (κ3) is 7.22. The van der Waals surface area contributed by atoms with E-state index in [0.717, 1.165) is 0 Å². The lowest BCUT2D eigenvalue weighted by molar-refractivity contribution is -0.388. The van der Waals surface area contributed by atoms with Crippen molar-refractivity contribution in [2.45, 2.75) is 126 Å². The Morgan fingerprint density at radius 1 is 0.692 bits per heavy atom. The third-order valence-corrected chi connectivity index (χ3v) is 7.10. The predicted molar refractivity (Wildman–Crippen MR) is 125 cm³/mol.